The molecule has 0 unspecified atom stereocenters. The topological polar surface area (TPSA) is 68.7 Å². The molecule has 1 aromatic heterocycles. The Labute approximate surface area is 164 Å². The summed E-state index contributed by atoms with van der Waals surface area (Å²) in [7, 11) is 1.65. The Morgan fingerprint density at radius 1 is 1.11 bits per heavy atom. The van der Waals surface area contributed by atoms with E-state index in [-0.39, 0.29) is 17.9 Å². The summed E-state index contributed by atoms with van der Waals surface area (Å²) in [6, 6.07) is 19.2. The number of amides is 1. The fourth-order valence-corrected chi connectivity index (χ4v) is 3.78. The second kappa shape index (κ2) is 7.52. The number of furan rings is 1. The van der Waals surface area contributed by atoms with Crippen LogP contribution in [0.25, 0.3) is 11.3 Å². The highest BCUT2D eigenvalue weighted by Crippen LogP contribution is 2.30. The molecular weight excluding hydrogens is 352 g/mol. The van der Waals surface area contributed by atoms with Crippen molar-refractivity contribution in [1.29, 1.82) is 0 Å². The van der Waals surface area contributed by atoms with E-state index < -0.39 is 0 Å². The lowest BCUT2D eigenvalue weighted by molar-refractivity contribution is 0.0789. The zero-order chi connectivity index (χ0) is 19.7. The number of ether oxygens (including phenoxy) is 1. The van der Waals surface area contributed by atoms with Gasteiger partial charge in [-0.2, -0.15) is 0 Å². The lowest BCUT2D eigenvalue weighted by atomic mass is 9.95. The molecule has 2 aromatic carbocycles. The van der Waals surface area contributed by atoms with E-state index in [1.54, 1.807) is 7.11 Å². The fraction of sp³-hybridized carbons (Fsp3) is 0.261. The molecule has 144 valence electrons. The third kappa shape index (κ3) is 3.53. The molecule has 28 heavy (non-hydrogen) atoms. The number of hydrogen-bond donors (Lipinski definition) is 1. The van der Waals surface area contributed by atoms with Gasteiger partial charge >= 0.3 is 0 Å². The number of nitrogens with two attached hydrogens (primary N) is 1. The Bertz CT molecular complexity index is 978. The van der Waals surface area contributed by atoms with Crippen LogP contribution in [0.15, 0.2) is 65.1 Å². The lowest BCUT2D eigenvalue weighted by Gasteiger charge is -2.17. The molecule has 1 saturated heterocycles. The van der Waals surface area contributed by atoms with E-state index in [0.717, 1.165) is 28.4 Å². The van der Waals surface area contributed by atoms with Crippen LogP contribution in [-0.2, 0) is 0 Å². The summed E-state index contributed by atoms with van der Waals surface area (Å²) in [5.74, 6) is 2.54. The maximum absolute atomic E-state index is 13.1. The zero-order valence-corrected chi connectivity index (χ0v) is 16.1. The molecule has 3 aromatic rings. The molecule has 5 nitrogen and oxygen atoms in total. The van der Waals surface area contributed by atoms with Gasteiger partial charge in [-0.3, -0.25) is 4.79 Å². The van der Waals surface area contributed by atoms with Gasteiger partial charge in [-0.25, -0.2) is 0 Å². The summed E-state index contributed by atoms with van der Waals surface area (Å²) >= 11 is 0. The van der Waals surface area contributed by atoms with Crippen molar-refractivity contribution in [3.63, 3.8) is 0 Å². The van der Waals surface area contributed by atoms with Crippen molar-refractivity contribution in [2.45, 2.75) is 18.9 Å². The Morgan fingerprint density at radius 2 is 1.89 bits per heavy atom. The number of likely N-dealkylation sites (tertiary alicyclic amines) is 1. The molecule has 1 fully saturated rings. The van der Waals surface area contributed by atoms with E-state index in [1.165, 1.54) is 0 Å². The zero-order valence-electron chi connectivity index (χ0n) is 16.1. The molecule has 0 aliphatic carbocycles. The lowest BCUT2D eigenvalue weighted by Crippen LogP contribution is -2.32. The van der Waals surface area contributed by atoms with Crippen LogP contribution in [0, 0.1) is 6.92 Å². The number of nitrogens with zero attached hydrogens (tertiary/aromatic N) is 1. The van der Waals surface area contributed by atoms with Crippen LogP contribution in [-0.4, -0.2) is 37.0 Å². The van der Waals surface area contributed by atoms with Crippen LogP contribution in [0.3, 0.4) is 0 Å². The summed E-state index contributed by atoms with van der Waals surface area (Å²) < 4.78 is 10.9. The summed E-state index contributed by atoms with van der Waals surface area (Å²) in [4.78, 5) is 14.9. The molecule has 2 atom stereocenters. The third-order valence-electron chi connectivity index (χ3n) is 5.33. The van der Waals surface area contributed by atoms with Crippen LogP contribution < -0.4 is 10.5 Å². The summed E-state index contributed by atoms with van der Waals surface area (Å²) in [5.41, 5.74) is 9.04. The SMILES string of the molecule is COc1ccc([C@H]2CN(C(=O)c3cccc(-c4ccc(C)o4)c3)C[C@@H]2N)cc1. The molecular formula is C23H24N2O3. The van der Waals surface area contributed by atoms with Gasteiger partial charge in [0.25, 0.3) is 5.91 Å². The molecule has 4 rings (SSSR count). The van der Waals surface area contributed by atoms with Crippen molar-refractivity contribution in [3.8, 4) is 17.1 Å². The number of aryl methyl sites for hydroxylation is 1. The maximum Gasteiger partial charge on any atom is 0.253 e. The van der Waals surface area contributed by atoms with E-state index in [9.17, 15) is 4.79 Å². The third-order valence-corrected chi connectivity index (χ3v) is 5.33. The number of carbonyl (C=O) groups excluding carboxylic acids is 1. The van der Waals surface area contributed by atoms with Crippen LogP contribution in [0.5, 0.6) is 5.75 Å². The molecule has 0 bridgehead atoms. The number of rotatable bonds is 4. The molecule has 0 saturated carbocycles. The van der Waals surface area contributed by atoms with E-state index in [2.05, 4.69) is 0 Å². The van der Waals surface area contributed by atoms with Gasteiger partial charge in [-0.05, 0) is 48.9 Å². The fourth-order valence-electron chi connectivity index (χ4n) is 3.78. The Morgan fingerprint density at radius 3 is 2.57 bits per heavy atom. The maximum atomic E-state index is 13.1. The van der Waals surface area contributed by atoms with Crippen LogP contribution in [0.4, 0.5) is 0 Å². The first kappa shape index (κ1) is 18.3. The minimum atomic E-state index is -0.0896. The van der Waals surface area contributed by atoms with Crippen molar-refractivity contribution in [2.24, 2.45) is 5.73 Å². The monoisotopic (exact) mass is 376 g/mol. The number of benzene rings is 2. The average Bonchev–Trinajstić information content (AvgIpc) is 3.33. The average molecular weight is 376 g/mol. The van der Waals surface area contributed by atoms with Crippen LogP contribution in [0.2, 0.25) is 0 Å². The second-order valence-corrected chi connectivity index (χ2v) is 7.24. The molecule has 2 heterocycles. The minimum Gasteiger partial charge on any atom is -0.497 e. The summed E-state index contributed by atoms with van der Waals surface area (Å²) in [6.45, 7) is 3.06. The highest BCUT2D eigenvalue weighted by molar-refractivity contribution is 5.95. The van der Waals surface area contributed by atoms with Gasteiger partial charge in [0.05, 0.1) is 7.11 Å². The number of methoxy groups -OCH3 is 1. The molecule has 1 amide bonds. The van der Waals surface area contributed by atoms with Gasteiger partial charge in [0, 0.05) is 36.2 Å². The van der Waals surface area contributed by atoms with E-state index >= 15 is 0 Å². The van der Waals surface area contributed by atoms with Crippen LogP contribution >= 0.6 is 0 Å². The highest BCUT2D eigenvalue weighted by atomic mass is 16.5. The van der Waals surface area contributed by atoms with Gasteiger partial charge < -0.3 is 19.8 Å². The van der Waals surface area contributed by atoms with Crippen molar-refractivity contribution < 1.29 is 13.9 Å². The predicted octanol–water partition coefficient (Wildman–Crippen LogP) is 3.83. The summed E-state index contributed by atoms with van der Waals surface area (Å²) in [5, 5.41) is 0. The Hall–Kier alpha value is -3.05. The van der Waals surface area contributed by atoms with Gasteiger partial charge in [0.2, 0.25) is 0 Å². The molecule has 5 heteroatoms. The van der Waals surface area contributed by atoms with Gasteiger partial charge in [-0.15, -0.1) is 0 Å². The van der Waals surface area contributed by atoms with E-state index in [4.69, 9.17) is 14.9 Å². The first-order valence-corrected chi connectivity index (χ1v) is 9.41. The van der Waals surface area contributed by atoms with Crippen LogP contribution in [0.1, 0.15) is 27.6 Å². The van der Waals surface area contributed by atoms with Crippen molar-refractivity contribution in [1.82, 2.24) is 4.90 Å². The standard InChI is InChI=1S/C23H24N2O3/c1-15-6-11-22(28-15)17-4-3-5-18(12-17)23(26)25-13-20(21(24)14-25)16-7-9-19(27-2)10-8-16/h3-12,20-21H,13-14,24H2,1-2H3/t20-,21+/m1/s1. The second-order valence-electron chi connectivity index (χ2n) is 7.24. The van der Waals surface area contributed by atoms with Gasteiger partial charge in [0.1, 0.15) is 17.3 Å². The smallest absolute Gasteiger partial charge is 0.253 e. The van der Waals surface area contributed by atoms with Crippen molar-refractivity contribution in [2.75, 3.05) is 20.2 Å². The number of hydrogen-bond acceptors (Lipinski definition) is 4. The predicted molar refractivity (Wildman–Crippen MR) is 108 cm³/mol. The van der Waals surface area contributed by atoms with Crippen molar-refractivity contribution in [3.05, 3.63) is 77.6 Å². The largest absolute Gasteiger partial charge is 0.497 e. The summed E-state index contributed by atoms with van der Waals surface area (Å²) in [6.07, 6.45) is 0. The minimum absolute atomic E-state index is 0.00316. The van der Waals surface area contributed by atoms with Gasteiger partial charge in [-0.1, -0.05) is 24.3 Å². The molecule has 2 N–H and O–H groups in total. The van der Waals surface area contributed by atoms with Gasteiger partial charge in [0.15, 0.2) is 0 Å². The normalized spacial score (nSPS) is 19.0. The molecule has 1 aliphatic rings. The Balaban J connectivity index is 1.52. The molecule has 0 radical (unpaired) electrons. The molecule has 1 aliphatic heterocycles. The first-order valence-electron chi connectivity index (χ1n) is 9.41. The van der Waals surface area contributed by atoms with E-state index in [1.807, 2.05) is 72.5 Å². The molecule has 0 spiro atoms. The quantitative estimate of drug-likeness (QED) is 0.751. The highest BCUT2D eigenvalue weighted by Gasteiger charge is 2.34. The Kier molecular flexibility index (Phi) is 4.92. The number of carbonyl (C=O) groups is 1. The van der Waals surface area contributed by atoms with E-state index in [0.29, 0.717) is 18.7 Å². The van der Waals surface area contributed by atoms with Crippen molar-refractivity contribution >= 4 is 5.91 Å². The first-order chi connectivity index (χ1) is 13.5.